The van der Waals surface area contributed by atoms with Gasteiger partial charge in [-0.15, -0.1) is 0 Å². The van der Waals surface area contributed by atoms with Crippen LogP contribution in [0.25, 0.3) is 0 Å². The molecule has 2 rings (SSSR count). The lowest BCUT2D eigenvalue weighted by atomic mass is 9.70. The fourth-order valence-corrected chi connectivity index (χ4v) is 4.44. The van der Waals surface area contributed by atoms with Gasteiger partial charge in [0.15, 0.2) is 0 Å². The molecule has 1 saturated carbocycles. The van der Waals surface area contributed by atoms with E-state index in [4.69, 9.17) is 0 Å². The van der Waals surface area contributed by atoms with Crippen LogP contribution in [0.3, 0.4) is 0 Å². The summed E-state index contributed by atoms with van der Waals surface area (Å²) in [5.74, 6) is 0.354. The van der Waals surface area contributed by atoms with E-state index in [1.807, 2.05) is 26.8 Å². The molecule has 0 unspecified atom stereocenters. The lowest BCUT2D eigenvalue weighted by Gasteiger charge is -2.33. The number of carboxylic acids is 1. The Labute approximate surface area is 139 Å². The molecular formula is C20H28O3. The summed E-state index contributed by atoms with van der Waals surface area (Å²) in [4.78, 5) is 23.0. The molecule has 0 aromatic carbocycles. The van der Waals surface area contributed by atoms with E-state index in [1.165, 1.54) is 0 Å². The van der Waals surface area contributed by atoms with E-state index in [2.05, 4.69) is 19.6 Å². The first-order valence-electron chi connectivity index (χ1n) is 8.52. The smallest absolute Gasteiger partial charge is 0.332 e. The van der Waals surface area contributed by atoms with E-state index in [-0.39, 0.29) is 11.8 Å². The Bertz CT molecular complexity index is 582. The number of aliphatic carboxylic acids is 1. The number of hydrogen-bond donors (Lipinski definition) is 1. The molecule has 0 radical (unpaired) electrons. The first-order chi connectivity index (χ1) is 10.7. The second-order valence-electron chi connectivity index (χ2n) is 7.76. The van der Waals surface area contributed by atoms with E-state index in [0.717, 1.165) is 31.1 Å². The van der Waals surface area contributed by atoms with Crippen molar-refractivity contribution in [3.05, 3.63) is 35.5 Å². The van der Waals surface area contributed by atoms with Crippen LogP contribution in [-0.4, -0.2) is 17.4 Å². The summed E-state index contributed by atoms with van der Waals surface area (Å²) in [6, 6.07) is 0. The molecule has 2 aliphatic carbocycles. The zero-order chi connectivity index (χ0) is 17.4. The van der Waals surface area contributed by atoms with Crippen molar-refractivity contribution in [2.75, 3.05) is 0 Å². The average molecular weight is 316 g/mol. The molecule has 0 bridgehead atoms. The van der Waals surface area contributed by atoms with Gasteiger partial charge in [0, 0.05) is 5.41 Å². The lowest BCUT2D eigenvalue weighted by Crippen LogP contribution is -2.28. The van der Waals surface area contributed by atoms with Crippen molar-refractivity contribution < 1.29 is 14.7 Å². The van der Waals surface area contributed by atoms with Crippen molar-refractivity contribution >= 4 is 12.3 Å². The van der Waals surface area contributed by atoms with Crippen LogP contribution in [-0.2, 0) is 9.59 Å². The summed E-state index contributed by atoms with van der Waals surface area (Å²) >= 11 is 0. The van der Waals surface area contributed by atoms with Gasteiger partial charge < -0.3 is 5.11 Å². The van der Waals surface area contributed by atoms with Gasteiger partial charge in [-0.25, -0.2) is 4.79 Å². The van der Waals surface area contributed by atoms with Crippen LogP contribution in [0.15, 0.2) is 35.5 Å². The van der Waals surface area contributed by atoms with E-state index in [1.54, 1.807) is 0 Å². The SMILES string of the molecule is C=C(C=O)[C@@H]1CC[C@@H](C)[C@H]1C[C@]1(C)C=CC(C(C)C)=C1C(=O)O. The normalized spacial score (nSPS) is 33.5. The quantitative estimate of drug-likeness (QED) is 0.583. The molecule has 23 heavy (non-hydrogen) atoms. The van der Waals surface area contributed by atoms with Crippen molar-refractivity contribution in [1.82, 2.24) is 0 Å². The van der Waals surface area contributed by atoms with Crippen LogP contribution >= 0.6 is 0 Å². The second-order valence-corrected chi connectivity index (χ2v) is 7.76. The molecule has 4 atom stereocenters. The third-order valence-corrected chi connectivity index (χ3v) is 5.79. The Balaban J connectivity index is 2.34. The van der Waals surface area contributed by atoms with Gasteiger partial charge in [0.1, 0.15) is 6.29 Å². The van der Waals surface area contributed by atoms with Crippen LogP contribution in [0.1, 0.15) is 47.0 Å². The molecule has 0 aromatic heterocycles. The topological polar surface area (TPSA) is 54.4 Å². The van der Waals surface area contributed by atoms with Gasteiger partial charge in [0.2, 0.25) is 0 Å². The van der Waals surface area contributed by atoms with Crippen LogP contribution < -0.4 is 0 Å². The minimum absolute atomic E-state index is 0.186. The van der Waals surface area contributed by atoms with Crippen molar-refractivity contribution in [2.24, 2.45) is 29.1 Å². The largest absolute Gasteiger partial charge is 0.478 e. The van der Waals surface area contributed by atoms with E-state index < -0.39 is 11.4 Å². The molecule has 1 N–H and O–H groups in total. The maximum atomic E-state index is 11.9. The average Bonchev–Trinajstić information content (AvgIpc) is 3.00. The number of allylic oxidation sites excluding steroid dienone is 4. The third kappa shape index (κ3) is 3.19. The Morgan fingerprint density at radius 1 is 1.48 bits per heavy atom. The molecule has 0 aliphatic heterocycles. The summed E-state index contributed by atoms with van der Waals surface area (Å²) in [5, 5.41) is 9.76. The molecule has 0 aromatic rings. The predicted octanol–water partition coefficient (Wildman–Crippen LogP) is 4.41. The summed E-state index contributed by atoms with van der Waals surface area (Å²) in [7, 11) is 0. The van der Waals surface area contributed by atoms with Gasteiger partial charge in [0.25, 0.3) is 0 Å². The number of carbonyl (C=O) groups is 2. The maximum absolute atomic E-state index is 11.9. The fraction of sp³-hybridized carbons (Fsp3) is 0.600. The van der Waals surface area contributed by atoms with E-state index in [9.17, 15) is 14.7 Å². The Hall–Kier alpha value is -1.64. The Morgan fingerprint density at radius 2 is 2.13 bits per heavy atom. The molecule has 126 valence electrons. The van der Waals surface area contributed by atoms with Crippen LogP contribution in [0.2, 0.25) is 0 Å². The third-order valence-electron chi connectivity index (χ3n) is 5.79. The predicted molar refractivity (Wildman–Crippen MR) is 91.9 cm³/mol. The van der Waals surface area contributed by atoms with E-state index >= 15 is 0 Å². The molecule has 0 amide bonds. The fourth-order valence-electron chi connectivity index (χ4n) is 4.44. The Morgan fingerprint density at radius 3 is 2.65 bits per heavy atom. The van der Waals surface area contributed by atoms with Crippen molar-refractivity contribution in [1.29, 1.82) is 0 Å². The highest BCUT2D eigenvalue weighted by atomic mass is 16.4. The van der Waals surface area contributed by atoms with Crippen molar-refractivity contribution in [3.63, 3.8) is 0 Å². The molecule has 2 aliphatic rings. The molecule has 0 spiro atoms. The lowest BCUT2D eigenvalue weighted by molar-refractivity contribution is -0.133. The molecule has 3 heteroatoms. The maximum Gasteiger partial charge on any atom is 0.332 e. The zero-order valence-corrected chi connectivity index (χ0v) is 14.6. The highest BCUT2D eigenvalue weighted by Gasteiger charge is 2.44. The van der Waals surface area contributed by atoms with Crippen LogP contribution in [0.5, 0.6) is 0 Å². The van der Waals surface area contributed by atoms with Gasteiger partial charge >= 0.3 is 5.97 Å². The van der Waals surface area contributed by atoms with Gasteiger partial charge in [-0.1, -0.05) is 46.4 Å². The molecule has 3 nitrogen and oxygen atoms in total. The zero-order valence-electron chi connectivity index (χ0n) is 14.6. The van der Waals surface area contributed by atoms with Gasteiger partial charge in [0.05, 0.1) is 5.57 Å². The number of carboxylic acid groups (broad SMARTS) is 1. The van der Waals surface area contributed by atoms with Gasteiger partial charge in [-0.3, -0.25) is 4.79 Å². The highest BCUT2D eigenvalue weighted by molar-refractivity contribution is 5.91. The Kier molecular flexibility index (Phi) is 4.98. The minimum atomic E-state index is -0.822. The van der Waals surface area contributed by atoms with Gasteiger partial charge in [-0.05, 0) is 54.1 Å². The molecular weight excluding hydrogens is 288 g/mol. The number of carbonyl (C=O) groups excluding carboxylic acids is 1. The standard InChI is InChI=1S/C20H28O3/c1-12(2)15-8-9-20(5,18(15)19(22)23)10-17-13(3)6-7-16(17)14(4)11-21/h8-9,11-13,16-17H,4,6-7,10H2,1-3,5H3,(H,22,23)/t13-,16+,17-,20+/m1/s1. The summed E-state index contributed by atoms with van der Waals surface area (Å²) in [5.41, 5.74) is 1.66. The van der Waals surface area contributed by atoms with Crippen molar-refractivity contribution in [3.8, 4) is 0 Å². The van der Waals surface area contributed by atoms with Crippen LogP contribution in [0.4, 0.5) is 0 Å². The first-order valence-corrected chi connectivity index (χ1v) is 8.52. The van der Waals surface area contributed by atoms with Gasteiger partial charge in [-0.2, -0.15) is 0 Å². The second kappa shape index (κ2) is 6.46. The highest BCUT2D eigenvalue weighted by Crippen LogP contribution is 2.51. The number of rotatable bonds is 6. The molecule has 0 heterocycles. The van der Waals surface area contributed by atoms with Crippen LogP contribution in [0, 0.1) is 29.1 Å². The summed E-state index contributed by atoms with van der Waals surface area (Å²) in [6.07, 6.45) is 7.72. The van der Waals surface area contributed by atoms with E-state index in [0.29, 0.717) is 23.0 Å². The summed E-state index contributed by atoms with van der Waals surface area (Å²) in [6.45, 7) is 12.2. The molecule has 0 saturated heterocycles. The number of hydrogen-bond acceptors (Lipinski definition) is 2. The monoisotopic (exact) mass is 316 g/mol. The first kappa shape index (κ1) is 17.7. The summed E-state index contributed by atoms with van der Waals surface area (Å²) < 4.78 is 0. The number of aldehydes is 1. The van der Waals surface area contributed by atoms with Crippen molar-refractivity contribution in [2.45, 2.75) is 47.0 Å². The molecule has 1 fully saturated rings. The minimum Gasteiger partial charge on any atom is -0.478 e.